The molecule has 0 saturated carbocycles. The summed E-state index contributed by atoms with van der Waals surface area (Å²) in [6.45, 7) is 1.90. The quantitative estimate of drug-likeness (QED) is 0.535. The van der Waals surface area contributed by atoms with Crippen molar-refractivity contribution in [2.45, 2.75) is 11.8 Å². The normalized spacial score (nSPS) is 11.8. The smallest absolute Gasteiger partial charge is 0.270 e. The molecule has 9 heteroatoms. The molecule has 0 radical (unpaired) electrons. The maximum atomic E-state index is 13.1. The molecule has 0 amide bonds. The minimum Gasteiger partial charge on any atom is -0.463 e. The van der Waals surface area contributed by atoms with Crippen molar-refractivity contribution in [3.05, 3.63) is 54.6 Å². The zero-order chi connectivity index (χ0) is 19.2. The molecule has 0 unspecified atom stereocenters. The number of furan rings is 1. The summed E-state index contributed by atoms with van der Waals surface area (Å²) in [5.74, 6) is 0.846. The maximum absolute atomic E-state index is 13.1. The van der Waals surface area contributed by atoms with Crippen molar-refractivity contribution in [1.29, 1.82) is 0 Å². The first-order valence-electron chi connectivity index (χ1n) is 8.16. The second-order valence-corrected chi connectivity index (χ2v) is 8.09. The van der Waals surface area contributed by atoms with E-state index < -0.39 is 10.0 Å². The lowest BCUT2D eigenvalue weighted by atomic mass is 10.2. The first-order valence-corrected chi connectivity index (χ1v) is 9.60. The number of fused-ring (bicyclic) bond motifs is 1. The van der Waals surface area contributed by atoms with Crippen molar-refractivity contribution in [3.8, 4) is 11.5 Å². The lowest BCUT2D eigenvalue weighted by molar-refractivity contribution is 0.580. The molecule has 0 N–H and O–H groups in total. The molecule has 0 aliphatic heterocycles. The second-order valence-electron chi connectivity index (χ2n) is 6.27. The Kier molecular flexibility index (Phi) is 3.96. The van der Waals surface area contributed by atoms with E-state index in [2.05, 4.69) is 15.0 Å². The van der Waals surface area contributed by atoms with Crippen molar-refractivity contribution in [2.24, 2.45) is 0 Å². The molecular formula is C18H17N5O3S. The molecule has 0 fully saturated rings. The van der Waals surface area contributed by atoms with Crippen molar-refractivity contribution < 1.29 is 12.8 Å². The van der Waals surface area contributed by atoms with E-state index in [1.165, 1.54) is 12.6 Å². The molecule has 0 spiro atoms. The van der Waals surface area contributed by atoms with E-state index in [0.717, 1.165) is 9.54 Å². The van der Waals surface area contributed by atoms with Gasteiger partial charge in [0.05, 0.1) is 11.2 Å². The van der Waals surface area contributed by atoms with Gasteiger partial charge in [-0.3, -0.25) is 0 Å². The van der Waals surface area contributed by atoms with Gasteiger partial charge in [0.15, 0.2) is 11.4 Å². The fourth-order valence-corrected chi connectivity index (χ4v) is 3.89. The van der Waals surface area contributed by atoms with Crippen LogP contribution in [0.2, 0.25) is 0 Å². The van der Waals surface area contributed by atoms with Crippen LogP contribution in [0.3, 0.4) is 0 Å². The third-order valence-electron chi connectivity index (χ3n) is 4.09. The van der Waals surface area contributed by atoms with Crippen LogP contribution in [0.1, 0.15) is 5.56 Å². The number of nitrogens with zero attached hydrogens (tertiary/aromatic N) is 5. The van der Waals surface area contributed by atoms with E-state index in [1.54, 1.807) is 55.4 Å². The van der Waals surface area contributed by atoms with Crippen LogP contribution >= 0.6 is 0 Å². The van der Waals surface area contributed by atoms with Crippen molar-refractivity contribution in [3.63, 3.8) is 0 Å². The zero-order valence-corrected chi connectivity index (χ0v) is 15.8. The zero-order valence-electron chi connectivity index (χ0n) is 15.0. The Morgan fingerprint density at radius 1 is 1.07 bits per heavy atom. The summed E-state index contributed by atoms with van der Waals surface area (Å²) in [6, 6.07) is 10.1. The summed E-state index contributed by atoms with van der Waals surface area (Å²) in [7, 11) is -0.292. The van der Waals surface area contributed by atoms with Crippen LogP contribution in [0.15, 0.2) is 58.3 Å². The number of hydrogen-bond donors (Lipinski definition) is 0. The summed E-state index contributed by atoms with van der Waals surface area (Å²) in [5, 5.41) is 0. The Labute approximate surface area is 156 Å². The topological polar surface area (TPSA) is 94.1 Å². The van der Waals surface area contributed by atoms with Crippen molar-refractivity contribution >= 4 is 27.1 Å². The minimum absolute atomic E-state index is 0.164. The molecule has 3 heterocycles. The van der Waals surface area contributed by atoms with Crippen LogP contribution in [-0.4, -0.2) is 41.4 Å². The van der Waals surface area contributed by atoms with Gasteiger partial charge >= 0.3 is 0 Å². The van der Waals surface area contributed by atoms with E-state index in [4.69, 9.17) is 4.42 Å². The Balaban J connectivity index is 1.99. The van der Waals surface area contributed by atoms with Crippen LogP contribution < -0.4 is 4.90 Å². The number of imidazole rings is 1. The van der Waals surface area contributed by atoms with Crippen LogP contribution in [0.5, 0.6) is 0 Å². The minimum atomic E-state index is -3.85. The monoisotopic (exact) mass is 383 g/mol. The van der Waals surface area contributed by atoms with Gasteiger partial charge in [-0.1, -0.05) is 17.7 Å². The molecule has 8 nitrogen and oxygen atoms in total. The molecule has 0 atom stereocenters. The van der Waals surface area contributed by atoms with Gasteiger partial charge in [0.2, 0.25) is 5.95 Å². The van der Waals surface area contributed by atoms with E-state index in [-0.39, 0.29) is 10.5 Å². The van der Waals surface area contributed by atoms with Gasteiger partial charge in [0.1, 0.15) is 17.5 Å². The summed E-state index contributed by atoms with van der Waals surface area (Å²) < 4.78 is 32.8. The predicted molar refractivity (Wildman–Crippen MR) is 101 cm³/mol. The number of aryl methyl sites for hydroxylation is 1. The molecule has 1 aromatic carbocycles. The van der Waals surface area contributed by atoms with Crippen LogP contribution in [-0.2, 0) is 10.0 Å². The van der Waals surface area contributed by atoms with Crippen molar-refractivity contribution in [1.82, 2.24) is 18.9 Å². The lowest BCUT2D eigenvalue weighted by Crippen LogP contribution is -2.16. The van der Waals surface area contributed by atoms with Gasteiger partial charge in [-0.05, 0) is 31.2 Å². The summed E-state index contributed by atoms with van der Waals surface area (Å²) in [6.07, 6.45) is 2.78. The van der Waals surface area contributed by atoms with Gasteiger partial charge in [-0.25, -0.2) is 22.4 Å². The highest BCUT2D eigenvalue weighted by Crippen LogP contribution is 2.29. The molecule has 0 aliphatic carbocycles. The molecule has 3 aromatic heterocycles. The van der Waals surface area contributed by atoms with Crippen LogP contribution in [0.4, 0.5) is 5.95 Å². The van der Waals surface area contributed by atoms with Gasteiger partial charge in [-0.15, -0.1) is 0 Å². The fraction of sp³-hybridized carbons (Fsp3) is 0.167. The van der Waals surface area contributed by atoms with E-state index in [9.17, 15) is 8.42 Å². The van der Waals surface area contributed by atoms with E-state index >= 15 is 0 Å². The number of anilines is 1. The van der Waals surface area contributed by atoms with Gasteiger partial charge in [-0.2, -0.15) is 4.98 Å². The van der Waals surface area contributed by atoms with Gasteiger partial charge < -0.3 is 9.32 Å². The number of benzene rings is 1. The first-order chi connectivity index (χ1) is 12.9. The molecule has 0 aliphatic rings. The third-order valence-corrected chi connectivity index (χ3v) is 5.74. The molecule has 138 valence electrons. The predicted octanol–water partition coefficient (Wildman–Crippen LogP) is 2.70. The fourth-order valence-electron chi connectivity index (χ4n) is 2.65. The molecule has 0 bridgehead atoms. The number of hydrogen-bond acceptors (Lipinski definition) is 7. The Hall–Kier alpha value is -3.20. The van der Waals surface area contributed by atoms with Gasteiger partial charge in [0, 0.05) is 14.1 Å². The second kappa shape index (κ2) is 6.20. The Bertz CT molecular complexity index is 1210. The number of rotatable bonds is 4. The summed E-state index contributed by atoms with van der Waals surface area (Å²) >= 11 is 0. The highest BCUT2D eigenvalue weighted by molar-refractivity contribution is 7.90. The average Bonchev–Trinajstić information content (AvgIpc) is 3.31. The summed E-state index contributed by atoms with van der Waals surface area (Å²) in [4.78, 5) is 15.0. The van der Waals surface area contributed by atoms with Gasteiger partial charge in [0.25, 0.3) is 10.0 Å². The van der Waals surface area contributed by atoms with E-state index in [1.807, 2.05) is 6.92 Å². The molecular weight excluding hydrogens is 366 g/mol. The summed E-state index contributed by atoms with van der Waals surface area (Å²) in [5.41, 5.74) is 1.96. The van der Waals surface area contributed by atoms with E-state index in [0.29, 0.717) is 22.9 Å². The highest BCUT2D eigenvalue weighted by atomic mass is 32.2. The lowest BCUT2D eigenvalue weighted by Gasteiger charge is -2.12. The molecule has 0 saturated heterocycles. The standard InChI is InChI=1S/C18H17N5O3S/c1-12-6-8-13(9-7-12)27(24,25)23-11-19-16-15(14-5-4-10-26-14)20-18(22(2)3)21-17(16)23/h4-11H,1-3H3. The Morgan fingerprint density at radius 2 is 1.81 bits per heavy atom. The van der Waals surface area contributed by atoms with Crippen LogP contribution in [0.25, 0.3) is 22.6 Å². The SMILES string of the molecule is Cc1ccc(S(=O)(=O)n2cnc3c(-c4ccco4)nc(N(C)C)nc32)cc1. The van der Waals surface area contributed by atoms with Crippen LogP contribution in [0, 0.1) is 6.92 Å². The first kappa shape index (κ1) is 17.2. The molecule has 27 heavy (non-hydrogen) atoms. The Morgan fingerprint density at radius 3 is 2.44 bits per heavy atom. The molecule has 4 aromatic rings. The maximum Gasteiger partial charge on any atom is 0.270 e. The molecule has 4 rings (SSSR count). The third kappa shape index (κ3) is 2.85. The average molecular weight is 383 g/mol. The van der Waals surface area contributed by atoms with Crippen molar-refractivity contribution in [2.75, 3.05) is 19.0 Å². The highest BCUT2D eigenvalue weighted by Gasteiger charge is 2.24. The number of aromatic nitrogens is 4. The largest absolute Gasteiger partial charge is 0.463 e.